The van der Waals surface area contributed by atoms with Gasteiger partial charge in [0.1, 0.15) is 0 Å². The molecule has 8 aromatic rings. The van der Waals surface area contributed by atoms with Gasteiger partial charge >= 0.3 is 0 Å². The predicted molar refractivity (Wildman–Crippen MR) is 223 cm³/mol. The van der Waals surface area contributed by atoms with E-state index < -0.39 is 5.41 Å². The van der Waals surface area contributed by atoms with Gasteiger partial charge in [-0.1, -0.05) is 218 Å². The van der Waals surface area contributed by atoms with Gasteiger partial charge in [-0.2, -0.15) is 0 Å². The minimum absolute atomic E-state index is 0.471. The van der Waals surface area contributed by atoms with Crippen molar-refractivity contribution in [3.63, 3.8) is 0 Å². The first-order chi connectivity index (χ1) is 26.3. The highest BCUT2D eigenvalue weighted by Crippen LogP contribution is 2.56. The Balaban J connectivity index is 1.19. The molecular formula is C53H38. The third kappa shape index (κ3) is 5.95. The molecule has 0 saturated heterocycles. The second kappa shape index (κ2) is 14.1. The van der Waals surface area contributed by atoms with Gasteiger partial charge in [0.15, 0.2) is 0 Å². The molecule has 1 aliphatic rings. The second-order valence-corrected chi connectivity index (χ2v) is 13.7. The molecule has 0 N–H and O–H groups in total. The lowest BCUT2D eigenvalue weighted by atomic mass is 9.67. The van der Waals surface area contributed by atoms with Gasteiger partial charge < -0.3 is 0 Å². The summed E-state index contributed by atoms with van der Waals surface area (Å²) in [5.41, 5.74) is 16.8. The highest BCUT2D eigenvalue weighted by atomic mass is 14.5. The topological polar surface area (TPSA) is 0 Å². The summed E-state index contributed by atoms with van der Waals surface area (Å²) in [4.78, 5) is 0. The fraction of sp³-hybridized carbons (Fsp3) is 0.0189. The van der Waals surface area contributed by atoms with Crippen LogP contribution in [0.15, 0.2) is 218 Å². The molecule has 53 heavy (non-hydrogen) atoms. The van der Waals surface area contributed by atoms with Crippen LogP contribution in [0.4, 0.5) is 0 Å². The zero-order chi connectivity index (χ0) is 35.5. The number of hydrogen-bond acceptors (Lipinski definition) is 0. The molecule has 0 bridgehead atoms. The molecule has 0 heteroatoms. The third-order valence-corrected chi connectivity index (χ3v) is 10.6. The summed E-state index contributed by atoms with van der Waals surface area (Å²) in [6.45, 7) is 0. The molecule has 1 aliphatic carbocycles. The van der Waals surface area contributed by atoms with Crippen LogP contribution in [-0.4, -0.2) is 0 Å². The van der Waals surface area contributed by atoms with Gasteiger partial charge in [0.2, 0.25) is 0 Å². The van der Waals surface area contributed by atoms with Crippen molar-refractivity contribution in [1.82, 2.24) is 0 Å². The van der Waals surface area contributed by atoms with Crippen molar-refractivity contribution >= 4 is 23.3 Å². The average Bonchev–Trinajstić information content (AvgIpc) is 3.55. The van der Waals surface area contributed by atoms with Crippen LogP contribution < -0.4 is 0 Å². The standard InChI is InChI=1S/C53H38/c1-5-17-41(18-6-1)49(42-19-7-2-8-20-42)37-39-29-33-45(34-30-39)53(51-27-15-13-25-47(51)48-26-14-16-28-52(48)53)46-35-31-40(32-36-46)38-50(43-21-9-3-10-22-43)44-23-11-4-12-24-44/h1-38H. The van der Waals surface area contributed by atoms with Crippen molar-refractivity contribution in [3.05, 3.63) is 274 Å². The lowest BCUT2D eigenvalue weighted by molar-refractivity contribution is 0.768. The van der Waals surface area contributed by atoms with Crippen molar-refractivity contribution in [2.75, 3.05) is 0 Å². The summed E-state index contributed by atoms with van der Waals surface area (Å²) in [6, 6.07) is 79.1. The smallest absolute Gasteiger partial charge is 0.0622 e. The summed E-state index contributed by atoms with van der Waals surface area (Å²) in [5.74, 6) is 0. The van der Waals surface area contributed by atoms with Crippen molar-refractivity contribution in [1.29, 1.82) is 0 Å². The molecule has 250 valence electrons. The van der Waals surface area contributed by atoms with E-state index in [0.29, 0.717) is 0 Å². The van der Waals surface area contributed by atoms with E-state index in [4.69, 9.17) is 0 Å². The van der Waals surface area contributed by atoms with Gasteiger partial charge in [-0.25, -0.2) is 0 Å². The molecule has 0 aliphatic heterocycles. The monoisotopic (exact) mass is 674 g/mol. The second-order valence-electron chi connectivity index (χ2n) is 13.7. The Morgan fingerprint density at radius 2 is 0.566 bits per heavy atom. The van der Waals surface area contributed by atoms with Crippen LogP contribution in [0.5, 0.6) is 0 Å². The van der Waals surface area contributed by atoms with E-state index in [1.807, 2.05) is 0 Å². The fourth-order valence-electron chi connectivity index (χ4n) is 8.15. The van der Waals surface area contributed by atoms with Gasteiger partial charge in [-0.05, 0) is 90.1 Å². The lowest BCUT2D eigenvalue weighted by Crippen LogP contribution is -2.28. The molecule has 0 spiro atoms. The molecule has 0 aromatic heterocycles. The van der Waals surface area contributed by atoms with Crippen LogP contribution in [0.2, 0.25) is 0 Å². The summed E-state index contributed by atoms with van der Waals surface area (Å²) in [7, 11) is 0. The summed E-state index contributed by atoms with van der Waals surface area (Å²) >= 11 is 0. The number of hydrogen-bond donors (Lipinski definition) is 0. The molecular weight excluding hydrogens is 637 g/mol. The van der Waals surface area contributed by atoms with Gasteiger partial charge in [0.25, 0.3) is 0 Å². The van der Waals surface area contributed by atoms with Crippen LogP contribution in [0.25, 0.3) is 34.4 Å². The summed E-state index contributed by atoms with van der Waals surface area (Å²) in [5, 5.41) is 0. The van der Waals surface area contributed by atoms with E-state index in [1.165, 1.54) is 77.9 Å². The first-order valence-corrected chi connectivity index (χ1v) is 18.3. The molecule has 0 fully saturated rings. The molecule has 0 atom stereocenters. The zero-order valence-corrected chi connectivity index (χ0v) is 29.4. The van der Waals surface area contributed by atoms with E-state index in [2.05, 4.69) is 231 Å². The van der Waals surface area contributed by atoms with E-state index in [-0.39, 0.29) is 0 Å². The van der Waals surface area contributed by atoms with Crippen molar-refractivity contribution in [3.8, 4) is 11.1 Å². The van der Waals surface area contributed by atoms with Crippen LogP contribution in [-0.2, 0) is 5.41 Å². The number of fused-ring (bicyclic) bond motifs is 3. The van der Waals surface area contributed by atoms with Crippen molar-refractivity contribution < 1.29 is 0 Å². The maximum absolute atomic E-state index is 2.34. The molecule has 0 nitrogen and oxygen atoms in total. The third-order valence-electron chi connectivity index (χ3n) is 10.6. The predicted octanol–water partition coefficient (Wildman–Crippen LogP) is 13.2. The van der Waals surface area contributed by atoms with Gasteiger partial charge in [0, 0.05) is 0 Å². The number of rotatable bonds is 8. The average molecular weight is 675 g/mol. The van der Waals surface area contributed by atoms with Crippen LogP contribution >= 0.6 is 0 Å². The van der Waals surface area contributed by atoms with Crippen LogP contribution in [0, 0.1) is 0 Å². The summed E-state index contributed by atoms with van der Waals surface area (Å²) < 4.78 is 0. The Bertz CT molecular complexity index is 2270. The Kier molecular flexibility index (Phi) is 8.56. The van der Waals surface area contributed by atoms with Gasteiger partial charge in [0.05, 0.1) is 5.41 Å². The van der Waals surface area contributed by atoms with Gasteiger partial charge in [-0.3, -0.25) is 0 Å². The molecule has 0 amide bonds. The molecule has 0 radical (unpaired) electrons. The fourth-order valence-corrected chi connectivity index (χ4v) is 8.15. The lowest BCUT2D eigenvalue weighted by Gasteiger charge is -2.34. The largest absolute Gasteiger partial charge is 0.0713 e. The minimum Gasteiger partial charge on any atom is -0.0622 e. The molecule has 8 aromatic carbocycles. The van der Waals surface area contributed by atoms with Crippen LogP contribution in [0.1, 0.15) is 55.6 Å². The maximum Gasteiger partial charge on any atom is 0.0713 e. The van der Waals surface area contributed by atoms with E-state index in [1.54, 1.807) is 0 Å². The molecule has 0 saturated carbocycles. The Labute approximate surface area is 312 Å². The minimum atomic E-state index is -0.471. The van der Waals surface area contributed by atoms with E-state index in [0.717, 1.165) is 0 Å². The van der Waals surface area contributed by atoms with Crippen molar-refractivity contribution in [2.24, 2.45) is 0 Å². The SMILES string of the molecule is C(=C(c1ccccc1)c1ccccc1)c1ccc(C2(c3ccc(C=C(c4ccccc4)c4ccccc4)cc3)c3ccccc3-c3ccccc32)cc1. The Morgan fingerprint density at radius 3 is 0.887 bits per heavy atom. The normalized spacial score (nSPS) is 12.3. The Morgan fingerprint density at radius 1 is 0.283 bits per heavy atom. The quantitative estimate of drug-likeness (QED) is 0.141. The van der Waals surface area contributed by atoms with E-state index >= 15 is 0 Å². The first kappa shape index (κ1) is 32.2. The first-order valence-electron chi connectivity index (χ1n) is 18.3. The van der Waals surface area contributed by atoms with Gasteiger partial charge in [-0.15, -0.1) is 0 Å². The summed E-state index contributed by atoms with van der Waals surface area (Å²) in [6.07, 6.45) is 4.63. The van der Waals surface area contributed by atoms with Crippen molar-refractivity contribution in [2.45, 2.75) is 5.41 Å². The van der Waals surface area contributed by atoms with E-state index in [9.17, 15) is 0 Å². The molecule has 0 unspecified atom stereocenters. The highest BCUT2D eigenvalue weighted by molar-refractivity contribution is 5.93. The highest BCUT2D eigenvalue weighted by Gasteiger charge is 2.45. The Hall–Kier alpha value is -6.76. The number of benzene rings is 8. The molecule has 9 rings (SSSR count). The molecule has 0 heterocycles. The zero-order valence-electron chi connectivity index (χ0n) is 29.4. The van der Waals surface area contributed by atoms with Crippen LogP contribution in [0.3, 0.4) is 0 Å². The maximum atomic E-state index is 2.34.